The summed E-state index contributed by atoms with van der Waals surface area (Å²) in [4.78, 5) is 0. The van der Waals surface area contributed by atoms with Crippen LogP contribution in [0.2, 0.25) is 0 Å². The predicted molar refractivity (Wildman–Crippen MR) is 47.5 cm³/mol. The molecule has 0 aromatic carbocycles. The molecule has 0 aromatic rings. The molecule has 2 atom stereocenters. The number of nitrogens with two attached hydrogens (primary N) is 1. The molecule has 0 radical (unpaired) electrons. The van der Waals surface area contributed by atoms with Crippen molar-refractivity contribution < 1.29 is 14.7 Å². The molecule has 0 spiro atoms. The van der Waals surface area contributed by atoms with E-state index in [-0.39, 0.29) is 12.1 Å². The predicted octanol–water partition coefficient (Wildman–Crippen LogP) is 0.665. The van der Waals surface area contributed by atoms with E-state index < -0.39 is 6.10 Å². The fourth-order valence-corrected chi connectivity index (χ4v) is 1.20. The summed E-state index contributed by atoms with van der Waals surface area (Å²) >= 11 is 0. The summed E-state index contributed by atoms with van der Waals surface area (Å²) in [6.45, 7) is 2.46. The van der Waals surface area contributed by atoms with Gasteiger partial charge in [-0.2, -0.15) is 0 Å². The van der Waals surface area contributed by atoms with Crippen molar-refractivity contribution in [1.29, 1.82) is 0 Å². The van der Waals surface area contributed by atoms with Crippen LogP contribution >= 0.6 is 0 Å². The van der Waals surface area contributed by atoms with Crippen LogP contribution in [0.5, 0.6) is 0 Å². The van der Waals surface area contributed by atoms with Gasteiger partial charge in [0.25, 0.3) is 0 Å². The highest BCUT2D eigenvalue weighted by atomic mass is 16.7. The van der Waals surface area contributed by atoms with Crippen molar-refractivity contribution in [2.45, 2.75) is 38.6 Å². The lowest BCUT2D eigenvalue weighted by atomic mass is 10.2. The van der Waals surface area contributed by atoms with E-state index in [4.69, 9.17) is 20.4 Å². The molecule has 0 aromatic heterocycles. The lowest BCUT2D eigenvalue weighted by Crippen LogP contribution is -2.34. The Labute approximate surface area is 77.5 Å². The Balaban J connectivity index is 2.30. The van der Waals surface area contributed by atoms with Crippen LogP contribution in [0.4, 0.5) is 0 Å². The minimum absolute atomic E-state index is 0.0779. The molecule has 3 N–H and O–H groups in total. The van der Waals surface area contributed by atoms with Crippen molar-refractivity contribution in [2.24, 2.45) is 10.9 Å². The first kappa shape index (κ1) is 10.3. The third kappa shape index (κ3) is 3.20. The lowest BCUT2D eigenvalue weighted by molar-refractivity contribution is -0.171. The molecule has 1 aliphatic rings. The minimum atomic E-state index is -0.395. The van der Waals surface area contributed by atoms with Crippen molar-refractivity contribution in [3.63, 3.8) is 0 Å². The molecular formula is C8H16N2O3. The van der Waals surface area contributed by atoms with Gasteiger partial charge in [0.15, 0.2) is 12.1 Å². The molecular weight excluding hydrogens is 172 g/mol. The molecule has 5 nitrogen and oxygen atoms in total. The number of rotatable bonds is 3. The van der Waals surface area contributed by atoms with Crippen LogP contribution in [-0.4, -0.2) is 30.0 Å². The van der Waals surface area contributed by atoms with E-state index in [1.807, 2.05) is 0 Å². The highest BCUT2D eigenvalue weighted by molar-refractivity contribution is 5.83. The molecule has 1 fully saturated rings. The number of ether oxygens (including phenoxy) is 2. The molecule has 76 valence electrons. The van der Waals surface area contributed by atoms with E-state index in [0.29, 0.717) is 0 Å². The fraction of sp³-hybridized carbons (Fsp3) is 0.875. The van der Waals surface area contributed by atoms with Gasteiger partial charge in [0.1, 0.15) is 6.10 Å². The minimum Gasteiger partial charge on any atom is -0.409 e. The second-order valence-corrected chi connectivity index (χ2v) is 3.10. The zero-order valence-electron chi connectivity index (χ0n) is 7.77. The first-order chi connectivity index (χ1) is 6.24. The van der Waals surface area contributed by atoms with E-state index >= 15 is 0 Å². The van der Waals surface area contributed by atoms with Crippen LogP contribution in [0.25, 0.3) is 0 Å². The Bertz CT molecular complexity index is 178. The average molecular weight is 188 g/mol. The van der Waals surface area contributed by atoms with Crippen molar-refractivity contribution >= 4 is 5.84 Å². The van der Waals surface area contributed by atoms with Crippen LogP contribution < -0.4 is 5.73 Å². The smallest absolute Gasteiger partial charge is 0.168 e. The van der Waals surface area contributed by atoms with Crippen LogP contribution in [0.15, 0.2) is 5.16 Å². The Morgan fingerprint density at radius 2 is 2.46 bits per heavy atom. The molecule has 0 unspecified atom stereocenters. The molecule has 0 bridgehead atoms. The van der Waals surface area contributed by atoms with Crippen LogP contribution in [0.1, 0.15) is 26.2 Å². The Morgan fingerprint density at radius 1 is 1.69 bits per heavy atom. The van der Waals surface area contributed by atoms with Crippen molar-refractivity contribution in [3.8, 4) is 0 Å². The second-order valence-electron chi connectivity index (χ2n) is 3.10. The van der Waals surface area contributed by atoms with Gasteiger partial charge < -0.3 is 20.4 Å². The van der Waals surface area contributed by atoms with E-state index in [2.05, 4.69) is 5.16 Å². The third-order valence-corrected chi connectivity index (χ3v) is 2.03. The Kier molecular flexibility index (Phi) is 3.98. The summed E-state index contributed by atoms with van der Waals surface area (Å²) in [7, 11) is 0. The van der Waals surface area contributed by atoms with Crippen molar-refractivity contribution in [3.05, 3.63) is 0 Å². The average Bonchev–Trinajstić information content (AvgIpc) is 2.18. The Morgan fingerprint density at radius 3 is 3.00 bits per heavy atom. The summed E-state index contributed by atoms with van der Waals surface area (Å²) in [6.07, 6.45) is 2.46. The molecule has 1 heterocycles. The standard InChI is InChI=1S/C8H16N2O3/c1-6(8(9)10-11)13-7-4-2-3-5-12-7/h6-7,11H,2-5H2,1H3,(H2,9,10)/t6-,7+/m0/s1. The third-order valence-electron chi connectivity index (χ3n) is 2.03. The maximum Gasteiger partial charge on any atom is 0.168 e. The molecule has 13 heavy (non-hydrogen) atoms. The molecule has 5 heteroatoms. The fourth-order valence-electron chi connectivity index (χ4n) is 1.20. The molecule has 1 rings (SSSR count). The van der Waals surface area contributed by atoms with Gasteiger partial charge in [0.05, 0.1) is 0 Å². The highest BCUT2D eigenvalue weighted by Gasteiger charge is 2.19. The van der Waals surface area contributed by atoms with Crippen LogP contribution in [0, 0.1) is 0 Å². The van der Waals surface area contributed by atoms with Gasteiger partial charge in [0, 0.05) is 6.61 Å². The number of amidine groups is 1. The summed E-state index contributed by atoms with van der Waals surface area (Å²) in [5, 5.41) is 11.2. The molecule has 1 aliphatic heterocycles. The number of oxime groups is 1. The van der Waals surface area contributed by atoms with Crippen LogP contribution in [-0.2, 0) is 9.47 Å². The number of nitrogens with zero attached hydrogens (tertiary/aromatic N) is 1. The summed E-state index contributed by atoms with van der Waals surface area (Å²) < 4.78 is 10.7. The number of hydrogen-bond acceptors (Lipinski definition) is 4. The SMILES string of the molecule is C[C@H](O[C@@H]1CCCCO1)/C(N)=N\O. The molecule has 1 saturated heterocycles. The normalized spacial score (nSPS) is 27.2. The van der Waals surface area contributed by atoms with Gasteiger partial charge in [0.2, 0.25) is 0 Å². The van der Waals surface area contributed by atoms with Gasteiger partial charge in [-0.3, -0.25) is 0 Å². The van der Waals surface area contributed by atoms with Crippen molar-refractivity contribution in [2.75, 3.05) is 6.61 Å². The van der Waals surface area contributed by atoms with Crippen LogP contribution in [0.3, 0.4) is 0 Å². The second kappa shape index (κ2) is 5.04. The van der Waals surface area contributed by atoms with E-state index in [0.717, 1.165) is 25.9 Å². The lowest BCUT2D eigenvalue weighted by Gasteiger charge is -2.25. The van der Waals surface area contributed by atoms with E-state index in [1.54, 1.807) is 6.92 Å². The summed E-state index contributed by atoms with van der Waals surface area (Å²) in [5.41, 5.74) is 5.35. The maximum atomic E-state index is 8.38. The van der Waals surface area contributed by atoms with Gasteiger partial charge >= 0.3 is 0 Å². The first-order valence-corrected chi connectivity index (χ1v) is 4.48. The summed E-state index contributed by atoms with van der Waals surface area (Å²) in [6, 6.07) is 0. The Hall–Kier alpha value is -0.810. The van der Waals surface area contributed by atoms with Gasteiger partial charge in [-0.15, -0.1) is 0 Å². The van der Waals surface area contributed by atoms with E-state index in [1.165, 1.54) is 0 Å². The van der Waals surface area contributed by atoms with Gasteiger partial charge in [-0.1, -0.05) is 5.16 Å². The maximum absolute atomic E-state index is 8.38. The molecule has 0 saturated carbocycles. The summed E-state index contributed by atoms with van der Waals surface area (Å²) in [5.74, 6) is 0.0779. The highest BCUT2D eigenvalue weighted by Crippen LogP contribution is 2.15. The topological polar surface area (TPSA) is 77.1 Å². The quantitative estimate of drug-likeness (QED) is 0.295. The van der Waals surface area contributed by atoms with E-state index in [9.17, 15) is 0 Å². The molecule has 0 amide bonds. The van der Waals surface area contributed by atoms with Gasteiger partial charge in [-0.25, -0.2) is 0 Å². The zero-order valence-corrected chi connectivity index (χ0v) is 7.77. The largest absolute Gasteiger partial charge is 0.409 e. The van der Waals surface area contributed by atoms with Gasteiger partial charge in [-0.05, 0) is 26.2 Å². The monoisotopic (exact) mass is 188 g/mol. The van der Waals surface area contributed by atoms with Crippen molar-refractivity contribution in [1.82, 2.24) is 0 Å². The molecule has 0 aliphatic carbocycles. The number of hydrogen-bond donors (Lipinski definition) is 2. The zero-order chi connectivity index (χ0) is 9.68. The first-order valence-electron chi connectivity index (χ1n) is 4.48.